The molecule has 1 N–H and O–H groups in total. The summed E-state index contributed by atoms with van der Waals surface area (Å²) < 4.78 is 7.01. The Morgan fingerprint density at radius 2 is 2.15 bits per heavy atom. The number of ether oxygens (including phenoxy) is 1. The molecule has 0 atom stereocenters. The molecule has 106 valence electrons. The number of methoxy groups -OCH3 is 1. The van der Waals surface area contributed by atoms with E-state index in [1.165, 1.54) is 0 Å². The van der Waals surface area contributed by atoms with Crippen molar-refractivity contribution in [2.45, 2.75) is 27.3 Å². The average Bonchev–Trinajstić information content (AvgIpc) is 2.80. The third kappa shape index (κ3) is 2.82. The molecule has 0 radical (unpaired) electrons. The van der Waals surface area contributed by atoms with Gasteiger partial charge >= 0.3 is 0 Å². The van der Waals surface area contributed by atoms with E-state index in [1.807, 2.05) is 39.0 Å². The molecule has 0 bridgehead atoms. The lowest BCUT2D eigenvalue weighted by atomic mass is 10.2. The van der Waals surface area contributed by atoms with Gasteiger partial charge in [0.15, 0.2) is 0 Å². The van der Waals surface area contributed by atoms with Crippen molar-refractivity contribution in [3.63, 3.8) is 0 Å². The van der Waals surface area contributed by atoms with Crippen LogP contribution in [0.1, 0.15) is 28.5 Å². The molecule has 0 spiro atoms. The molecule has 1 amide bonds. The number of nitrogens with one attached hydrogen (secondary N) is 1. The van der Waals surface area contributed by atoms with E-state index in [4.69, 9.17) is 4.74 Å². The van der Waals surface area contributed by atoms with E-state index in [0.29, 0.717) is 17.0 Å². The van der Waals surface area contributed by atoms with Gasteiger partial charge in [-0.1, -0.05) is 6.07 Å². The van der Waals surface area contributed by atoms with Gasteiger partial charge in [0.05, 0.1) is 24.1 Å². The second-order valence-corrected chi connectivity index (χ2v) is 4.64. The number of benzene rings is 1. The molecule has 1 aromatic heterocycles. The molecule has 0 aliphatic rings. The summed E-state index contributed by atoms with van der Waals surface area (Å²) >= 11 is 0. The molecule has 0 saturated carbocycles. The van der Waals surface area contributed by atoms with Crippen LogP contribution in [0.3, 0.4) is 0 Å². The predicted molar refractivity (Wildman–Crippen MR) is 78.3 cm³/mol. The highest BCUT2D eigenvalue weighted by Gasteiger charge is 2.15. The molecule has 0 aliphatic heterocycles. The Balaban J connectivity index is 2.27. The van der Waals surface area contributed by atoms with Gasteiger partial charge < -0.3 is 10.1 Å². The highest BCUT2D eigenvalue weighted by molar-refractivity contribution is 6.05. The quantitative estimate of drug-likeness (QED) is 0.932. The Bertz CT molecular complexity index is 632. The minimum Gasteiger partial charge on any atom is -0.495 e. The first kappa shape index (κ1) is 14.1. The summed E-state index contributed by atoms with van der Waals surface area (Å²) in [6, 6.07) is 5.67. The van der Waals surface area contributed by atoms with Crippen molar-refractivity contribution in [1.29, 1.82) is 0 Å². The molecule has 0 unspecified atom stereocenters. The lowest BCUT2D eigenvalue weighted by molar-refractivity contribution is 0.102. The van der Waals surface area contributed by atoms with Gasteiger partial charge in [-0.15, -0.1) is 0 Å². The number of aromatic nitrogens is 2. The topological polar surface area (TPSA) is 56.2 Å². The molecule has 0 saturated heterocycles. The van der Waals surface area contributed by atoms with Crippen LogP contribution in [0, 0.1) is 13.8 Å². The monoisotopic (exact) mass is 273 g/mol. The largest absolute Gasteiger partial charge is 0.495 e. The molecule has 2 aromatic rings. The zero-order chi connectivity index (χ0) is 14.7. The number of carbonyl (C=O) groups is 1. The van der Waals surface area contributed by atoms with E-state index in [2.05, 4.69) is 10.4 Å². The van der Waals surface area contributed by atoms with Gasteiger partial charge in [0.1, 0.15) is 5.75 Å². The van der Waals surface area contributed by atoms with Crippen molar-refractivity contribution in [3.05, 3.63) is 41.2 Å². The number of aryl methyl sites for hydroxylation is 3. The highest BCUT2D eigenvalue weighted by Crippen LogP contribution is 2.26. The van der Waals surface area contributed by atoms with Gasteiger partial charge in [-0.25, -0.2) is 0 Å². The van der Waals surface area contributed by atoms with Gasteiger partial charge in [-0.3, -0.25) is 9.48 Å². The molecule has 5 heteroatoms. The van der Waals surface area contributed by atoms with E-state index < -0.39 is 0 Å². The summed E-state index contributed by atoms with van der Waals surface area (Å²) in [6.45, 7) is 6.52. The van der Waals surface area contributed by atoms with E-state index in [-0.39, 0.29) is 5.91 Å². The SMILES string of the molecule is CCn1cc(C(=O)Nc2cc(C)ccc2OC)c(C)n1. The van der Waals surface area contributed by atoms with Crippen molar-refractivity contribution < 1.29 is 9.53 Å². The first-order chi connectivity index (χ1) is 9.55. The second-order valence-electron chi connectivity index (χ2n) is 4.64. The predicted octanol–water partition coefficient (Wildman–Crippen LogP) is 2.78. The molecule has 5 nitrogen and oxygen atoms in total. The zero-order valence-corrected chi connectivity index (χ0v) is 12.2. The summed E-state index contributed by atoms with van der Waals surface area (Å²) in [6.07, 6.45) is 1.76. The first-order valence-electron chi connectivity index (χ1n) is 6.55. The summed E-state index contributed by atoms with van der Waals surface area (Å²) in [5.74, 6) is 0.468. The number of nitrogens with zero attached hydrogens (tertiary/aromatic N) is 2. The molecule has 20 heavy (non-hydrogen) atoms. The van der Waals surface area contributed by atoms with Gasteiger partial charge in [-0.05, 0) is 38.5 Å². The second kappa shape index (κ2) is 5.77. The minimum absolute atomic E-state index is 0.175. The first-order valence-corrected chi connectivity index (χ1v) is 6.55. The molecular weight excluding hydrogens is 254 g/mol. The Morgan fingerprint density at radius 3 is 2.75 bits per heavy atom. The number of hydrogen-bond donors (Lipinski definition) is 1. The smallest absolute Gasteiger partial charge is 0.259 e. The van der Waals surface area contributed by atoms with E-state index >= 15 is 0 Å². The van der Waals surface area contributed by atoms with Crippen LogP contribution in [-0.4, -0.2) is 22.8 Å². The lowest BCUT2D eigenvalue weighted by Gasteiger charge is -2.10. The van der Waals surface area contributed by atoms with Crippen LogP contribution in [0.25, 0.3) is 0 Å². The van der Waals surface area contributed by atoms with Crippen molar-refractivity contribution in [3.8, 4) is 5.75 Å². The van der Waals surface area contributed by atoms with Crippen LogP contribution >= 0.6 is 0 Å². The molecular formula is C15H19N3O2. The third-order valence-electron chi connectivity index (χ3n) is 3.12. The minimum atomic E-state index is -0.175. The average molecular weight is 273 g/mol. The van der Waals surface area contributed by atoms with E-state index in [9.17, 15) is 4.79 Å². The van der Waals surface area contributed by atoms with Crippen molar-refractivity contribution in [2.75, 3.05) is 12.4 Å². The van der Waals surface area contributed by atoms with Crippen LogP contribution < -0.4 is 10.1 Å². The zero-order valence-electron chi connectivity index (χ0n) is 12.2. The summed E-state index contributed by atoms with van der Waals surface area (Å²) in [7, 11) is 1.58. The van der Waals surface area contributed by atoms with E-state index in [0.717, 1.165) is 17.8 Å². The van der Waals surface area contributed by atoms with Crippen molar-refractivity contribution >= 4 is 11.6 Å². The number of carbonyl (C=O) groups excluding carboxylic acids is 1. The molecule has 0 fully saturated rings. The maximum Gasteiger partial charge on any atom is 0.259 e. The summed E-state index contributed by atoms with van der Waals surface area (Å²) in [4.78, 5) is 12.3. The van der Waals surface area contributed by atoms with Crippen LogP contribution in [0.5, 0.6) is 5.75 Å². The Labute approximate surface area is 118 Å². The number of rotatable bonds is 4. The fourth-order valence-electron chi connectivity index (χ4n) is 2.01. The van der Waals surface area contributed by atoms with E-state index in [1.54, 1.807) is 18.0 Å². The van der Waals surface area contributed by atoms with Gasteiger partial charge in [0.2, 0.25) is 0 Å². The van der Waals surface area contributed by atoms with Crippen molar-refractivity contribution in [1.82, 2.24) is 9.78 Å². The number of hydrogen-bond acceptors (Lipinski definition) is 3. The van der Waals surface area contributed by atoms with Gasteiger partial charge in [-0.2, -0.15) is 5.10 Å². The van der Waals surface area contributed by atoms with Crippen molar-refractivity contribution in [2.24, 2.45) is 0 Å². The fourth-order valence-corrected chi connectivity index (χ4v) is 2.01. The normalized spacial score (nSPS) is 10.4. The number of amides is 1. The third-order valence-corrected chi connectivity index (χ3v) is 3.12. The maximum atomic E-state index is 12.3. The van der Waals surface area contributed by atoms with Crippen LogP contribution in [0.4, 0.5) is 5.69 Å². The Hall–Kier alpha value is -2.30. The van der Waals surface area contributed by atoms with Gasteiger partial charge in [0.25, 0.3) is 5.91 Å². The molecule has 0 aliphatic carbocycles. The lowest BCUT2D eigenvalue weighted by Crippen LogP contribution is -2.13. The van der Waals surface area contributed by atoms with Crippen LogP contribution in [0.15, 0.2) is 24.4 Å². The maximum absolute atomic E-state index is 12.3. The highest BCUT2D eigenvalue weighted by atomic mass is 16.5. The Kier molecular flexibility index (Phi) is 4.08. The van der Waals surface area contributed by atoms with Gasteiger partial charge in [0, 0.05) is 12.7 Å². The molecule has 1 aromatic carbocycles. The molecule has 2 rings (SSSR count). The standard InChI is InChI=1S/C15H19N3O2/c1-5-18-9-12(11(3)17-18)15(19)16-13-8-10(2)6-7-14(13)20-4/h6-9H,5H2,1-4H3,(H,16,19). The fraction of sp³-hybridized carbons (Fsp3) is 0.333. The van der Waals surface area contributed by atoms with Crippen LogP contribution in [0.2, 0.25) is 0 Å². The summed E-state index contributed by atoms with van der Waals surface area (Å²) in [5.41, 5.74) is 3.02. The number of anilines is 1. The summed E-state index contributed by atoms with van der Waals surface area (Å²) in [5, 5.41) is 7.16. The Morgan fingerprint density at radius 1 is 1.40 bits per heavy atom. The van der Waals surface area contributed by atoms with Crippen LogP contribution in [-0.2, 0) is 6.54 Å². The molecule has 1 heterocycles.